The van der Waals surface area contributed by atoms with Crippen LogP contribution in [-0.4, -0.2) is 22.5 Å². The molecule has 2 N–H and O–H groups in total. The van der Waals surface area contributed by atoms with Crippen molar-refractivity contribution in [2.75, 3.05) is 0 Å². The normalized spacial score (nSPS) is 11.1. The standard InChI is InChI=1S/C13H16ClNO3/c1-8-4-5-9(14)6-10(8)12(18)15-13(2,3)7-11(16)17/h4-6H,7H2,1-3H3,(H,15,18)(H,16,17). The number of aryl methyl sites for hydroxylation is 1. The van der Waals surface area contributed by atoms with Crippen LogP contribution in [0.1, 0.15) is 36.2 Å². The van der Waals surface area contributed by atoms with Crippen molar-refractivity contribution in [1.82, 2.24) is 5.32 Å². The number of carbonyl (C=O) groups is 2. The Morgan fingerprint density at radius 2 is 2.00 bits per heavy atom. The van der Waals surface area contributed by atoms with E-state index >= 15 is 0 Å². The molecule has 1 amide bonds. The number of nitrogens with one attached hydrogen (secondary N) is 1. The molecule has 0 atom stereocenters. The van der Waals surface area contributed by atoms with Gasteiger partial charge in [0.1, 0.15) is 0 Å². The third-order valence-corrected chi connectivity index (χ3v) is 2.72. The van der Waals surface area contributed by atoms with Gasteiger partial charge < -0.3 is 10.4 Å². The maximum absolute atomic E-state index is 12.1. The summed E-state index contributed by atoms with van der Waals surface area (Å²) in [4.78, 5) is 22.7. The van der Waals surface area contributed by atoms with Crippen LogP contribution in [0.25, 0.3) is 0 Å². The maximum atomic E-state index is 12.1. The van der Waals surface area contributed by atoms with E-state index in [0.29, 0.717) is 10.6 Å². The highest BCUT2D eigenvalue weighted by atomic mass is 35.5. The molecule has 0 radical (unpaired) electrons. The molecular weight excluding hydrogens is 254 g/mol. The van der Waals surface area contributed by atoms with Gasteiger partial charge in [-0.15, -0.1) is 0 Å². The Labute approximate surface area is 111 Å². The lowest BCUT2D eigenvalue weighted by Crippen LogP contribution is -2.45. The second-order valence-electron chi connectivity index (χ2n) is 4.87. The molecule has 0 bridgehead atoms. The first-order valence-corrected chi connectivity index (χ1v) is 5.89. The number of aliphatic carboxylic acids is 1. The number of hydrogen-bond donors (Lipinski definition) is 2. The van der Waals surface area contributed by atoms with E-state index in [0.717, 1.165) is 5.56 Å². The van der Waals surface area contributed by atoms with Gasteiger partial charge in [-0.2, -0.15) is 0 Å². The molecule has 4 nitrogen and oxygen atoms in total. The van der Waals surface area contributed by atoms with Crippen LogP contribution in [0.2, 0.25) is 5.02 Å². The minimum absolute atomic E-state index is 0.141. The minimum atomic E-state index is -0.955. The quantitative estimate of drug-likeness (QED) is 0.883. The Morgan fingerprint density at radius 3 is 2.56 bits per heavy atom. The van der Waals surface area contributed by atoms with E-state index in [1.807, 2.05) is 0 Å². The number of amides is 1. The Morgan fingerprint density at radius 1 is 1.39 bits per heavy atom. The highest BCUT2D eigenvalue weighted by Gasteiger charge is 2.25. The molecule has 5 heteroatoms. The summed E-state index contributed by atoms with van der Waals surface area (Å²) in [5.41, 5.74) is 0.446. The molecule has 0 aliphatic rings. The summed E-state index contributed by atoms with van der Waals surface area (Å²) in [7, 11) is 0. The van der Waals surface area contributed by atoms with Gasteiger partial charge in [-0.05, 0) is 38.5 Å². The molecule has 0 saturated heterocycles. The zero-order chi connectivity index (χ0) is 13.9. The lowest BCUT2D eigenvalue weighted by atomic mass is 9.99. The zero-order valence-corrected chi connectivity index (χ0v) is 11.3. The van der Waals surface area contributed by atoms with Crippen LogP contribution in [0.15, 0.2) is 18.2 Å². The Hall–Kier alpha value is -1.55. The summed E-state index contributed by atoms with van der Waals surface area (Å²) in [6, 6.07) is 5.03. The van der Waals surface area contributed by atoms with E-state index in [2.05, 4.69) is 5.32 Å². The van der Waals surface area contributed by atoms with Gasteiger partial charge in [0.15, 0.2) is 0 Å². The van der Waals surface area contributed by atoms with Crippen molar-refractivity contribution >= 4 is 23.5 Å². The first kappa shape index (κ1) is 14.5. The summed E-state index contributed by atoms with van der Waals surface area (Å²) in [5, 5.41) is 11.9. The van der Waals surface area contributed by atoms with E-state index in [1.54, 1.807) is 39.0 Å². The SMILES string of the molecule is Cc1ccc(Cl)cc1C(=O)NC(C)(C)CC(=O)O. The molecule has 0 aliphatic heterocycles. The third kappa shape index (κ3) is 4.04. The molecule has 0 unspecified atom stereocenters. The molecule has 0 fully saturated rings. The highest BCUT2D eigenvalue weighted by Crippen LogP contribution is 2.17. The summed E-state index contributed by atoms with van der Waals surface area (Å²) in [5.74, 6) is -1.27. The van der Waals surface area contributed by atoms with Crippen LogP contribution in [0.5, 0.6) is 0 Å². The van der Waals surface area contributed by atoms with Gasteiger partial charge >= 0.3 is 5.97 Å². The highest BCUT2D eigenvalue weighted by molar-refractivity contribution is 6.31. The van der Waals surface area contributed by atoms with Crippen molar-refractivity contribution in [3.05, 3.63) is 34.3 Å². The predicted molar refractivity (Wildman–Crippen MR) is 70.0 cm³/mol. The summed E-state index contributed by atoms with van der Waals surface area (Å²) >= 11 is 5.84. The van der Waals surface area contributed by atoms with E-state index in [1.165, 1.54) is 0 Å². The minimum Gasteiger partial charge on any atom is -0.481 e. The first-order valence-electron chi connectivity index (χ1n) is 5.52. The van der Waals surface area contributed by atoms with Gasteiger partial charge in [-0.3, -0.25) is 9.59 Å². The first-order chi connectivity index (χ1) is 8.21. The molecule has 0 aliphatic carbocycles. The summed E-state index contributed by atoms with van der Waals surface area (Å²) in [6.45, 7) is 5.13. The van der Waals surface area contributed by atoms with Crippen LogP contribution in [0.3, 0.4) is 0 Å². The lowest BCUT2D eigenvalue weighted by molar-refractivity contribution is -0.138. The number of benzene rings is 1. The molecule has 0 saturated carbocycles. The van der Waals surface area contributed by atoms with Crippen molar-refractivity contribution < 1.29 is 14.7 Å². The average Bonchev–Trinajstić information content (AvgIpc) is 2.18. The van der Waals surface area contributed by atoms with Crippen molar-refractivity contribution in [2.24, 2.45) is 0 Å². The van der Waals surface area contributed by atoms with Crippen LogP contribution in [0.4, 0.5) is 0 Å². The number of halogens is 1. The van der Waals surface area contributed by atoms with Gasteiger partial charge in [-0.1, -0.05) is 17.7 Å². The fourth-order valence-electron chi connectivity index (χ4n) is 1.64. The van der Waals surface area contributed by atoms with Crippen molar-refractivity contribution in [2.45, 2.75) is 32.7 Å². The number of carboxylic acid groups (broad SMARTS) is 1. The summed E-state index contributed by atoms with van der Waals surface area (Å²) < 4.78 is 0. The zero-order valence-electron chi connectivity index (χ0n) is 10.6. The second kappa shape index (κ2) is 5.40. The van der Waals surface area contributed by atoms with E-state index < -0.39 is 11.5 Å². The van der Waals surface area contributed by atoms with Crippen molar-refractivity contribution in [1.29, 1.82) is 0 Å². The van der Waals surface area contributed by atoms with E-state index in [4.69, 9.17) is 16.7 Å². The van der Waals surface area contributed by atoms with Crippen LogP contribution >= 0.6 is 11.6 Å². The van der Waals surface area contributed by atoms with Crippen molar-refractivity contribution in [3.63, 3.8) is 0 Å². The Bertz CT molecular complexity index is 483. The molecule has 1 aromatic rings. The van der Waals surface area contributed by atoms with Crippen LogP contribution in [-0.2, 0) is 4.79 Å². The molecule has 98 valence electrons. The molecule has 0 spiro atoms. The third-order valence-electron chi connectivity index (χ3n) is 2.49. The Kier molecular flexibility index (Phi) is 4.35. The molecule has 1 rings (SSSR count). The van der Waals surface area contributed by atoms with Gasteiger partial charge in [0.2, 0.25) is 0 Å². The number of carbonyl (C=O) groups excluding carboxylic acids is 1. The predicted octanol–water partition coefficient (Wildman–Crippen LogP) is 2.63. The van der Waals surface area contributed by atoms with Gasteiger partial charge in [-0.25, -0.2) is 0 Å². The second-order valence-corrected chi connectivity index (χ2v) is 5.30. The fraction of sp³-hybridized carbons (Fsp3) is 0.385. The van der Waals surface area contributed by atoms with E-state index in [-0.39, 0.29) is 12.3 Å². The largest absolute Gasteiger partial charge is 0.481 e. The Balaban J connectivity index is 2.88. The van der Waals surface area contributed by atoms with Crippen molar-refractivity contribution in [3.8, 4) is 0 Å². The molecular formula is C13H16ClNO3. The van der Waals surface area contributed by atoms with Crippen LogP contribution in [0, 0.1) is 6.92 Å². The number of rotatable bonds is 4. The molecule has 18 heavy (non-hydrogen) atoms. The number of carboxylic acids is 1. The molecule has 0 heterocycles. The average molecular weight is 270 g/mol. The smallest absolute Gasteiger partial charge is 0.305 e. The molecule has 0 aromatic heterocycles. The fourth-order valence-corrected chi connectivity index (χ4v) is 1.81. The topological polar surface area (TPSA) is 66.4 Å². The number of hydrogen-bond acceptors (Lipinski definition) is 2. The summed E-state index contributed by atoms with van der Waals surface area (Å²) in [6.07, 6.45) is -0.141. The lowest BCUT2D eigenvalue weighted by Gasteiger charge is -2.24. The molecule has 1 aromatic carbocycles. The van der Waals surface area contributed by atoms with Crippen LogP contribution < -0.4 is 5.32 Å². The van der Waals surface area contributed by atoms with Gasteiger partial charge in [0.05, 0.1) is 6.42 Å². The monoisotopic (exact) mass is 269 g/mol. The van der Waals surface area contributed by atoms with E-state index in [9.17, 15) is 9.59 Å². The maximum Gasteiger partial charge on any atom is 0.305 e. The van der Waals surface area contributed by atoms with Gasteiger partial charge in [0.25, 0.3) is 5.91 Å². The van der Waals surface area contributed by atoms with Gasteiger partial charge in [0, 0.05) is 16.1 Å².